The number of amides is 2. The van der Waals surface area contributed by atoms with Gasteiger partial charge in [0.05, 0.1) is 5.92 Å². The SMILES string of the molecule is CCC(=O)Nc1ccc(C(=O)COC(=O)C2CCN(C(=O)OC(C)(C)C)CC2)cc1. The second-order valence-electron chi connectivity index (χ2n) is 8.25. The maximum Gasteiger partial charge on any atom is 0.410 e. The molecule has 1 aliphatic rings. The van der Waals surface area contributed by atoms with Crippen molar-refractivity contribution in [3.05, 3.63) is 29.8 Å². The van der Waals surface area contributed by atoms with Crippen LogP contribution >= 0.6 is 0 Å². The van der Waals surface area contributed by atoms with Crippen molar-refractivity contribution in [3.8, 4) is 0 Å². The minimum Gasteiger partial charge on any atom is -0.457 e. The third-order valence-corrected chi connectivity index (χ3v) is 4.64. The molecular weight excluding hydrogens is 388 g/mol. The summed E-state index contributed by atoms with van der Waals surface area (Å²) in [4.78, 5) is 49.6. The van der Waals surface area contributed by atoms with E-state index in [1.807, 2.05) is 0 Å². The number of esters is 1. The van der Waals surface area contributed by atoms with Crippen LogP contribution in [0, 0.1) is 5.92 Å². The normalized spacial score (nSPS) is 14.7. The summed E-state index contributed by atoms with van der Waals surface area (Å²) in [5.41, 5.74) is 0.441. The van der Waals surface area contributed by atoms with E-state index in [0.717, 1.165) is 0 Å². The number of nitrogens with zero attached hydrogens (tertiary/aromatic N) is 1. The van der Waals surface area contributed by atoms with E-state index in [1.165, 1.54) is 0 Å². The first-order chi connectivity index (χ1) is 14.1. The van der Waals surface area contributed by atoms with E-state index < -0.39 is 11.6 Å². The zero-order valence-electron chi connectivity index (χ0n) is 18.0. The summed E-state index contributed by atoms with van der Waals surface area (Å²) in [6.07, 6.45) is 0.923. The van der Waals surface area contributed by atoms with E-state index in [1.54, 1.807) is 56.9 Å². The number of carbonyl (C=O) groups is 4. The Balaban J connectivity index is 1.77. The van der Waals surface area contributed by atoms with Crippen molar-refractivity contribution >= 4 is 29.4 Å². The minimum absolute atomic E-state index is 0.110. The number of benzene rings is 1. The molecule has 1 aliphatic heterocycles. The van der Waals surface area contributed by atoms with Gasteiger partial charge in [0.1, 0.15) is 5.60 Å². The van der Waals surface area contributed by atoms with Crippen molar-refractivity contribution in [2.45, 2.75) is 52.6 Å². The average Bonchev–Trinajstić information content (AvgIpc) is 2.71. The minimum atomic E-state index is -0.562. The molecule has 1 aromatic carbocycles. The smallest absolute Gasteiger partial charge is 0.410 e. The fourth-order valence-corrected chi connectivity index (χ4v) is 2.95. The summed E-state index contributed by atoms with van der Waals surface area (Å²) < 4.78 is 10.5. The maximum absolute atomic E-state index is 12.3. The molecule has 30 heavy (non-hydrogen) atoms. The Morgan fingerprint density at radius 1 is 1.07 bits per heavy atom. The molecule has 8 heteroatoms. The van der Waals surface area contributed by atoms with Gasteiger partial charge in [-0.25, -0.2) is 4.79 Å². The molecule has 0 radical (unpaired) electrons. The Hall–Kier alpha value is -2.90. The summed E-state index contributed by atoms with van der Waals surface area (Å²) >= 11 is 0. The lowest BCUT2D eigenvalue weighted by Crippen LogP contribution is -2.43. The summed E-state index contributed by atoms with van der Waals surface area (Å²) in [7, 11) is 0. The van der Waals surface area contributed by atoms with Gasteiger partial charge in [0.2, 0.25) is 5.91 Å². The van der Waals surface area contributed by atoms with Gasteiger partial charge in [0, 0.05) is 30.8 Å². The van der Waals surface area contributed by atoms with E-state index in [9.17, 15) is 19.2 Å². The predicted octanol–water partition coefficient (Wildman–Crippen LogP) is 3.41. The third kappa shape index (κ3) is 7.17. The lowest BCUT2D eigenvalue weighted by molar-refractivity contribution is -0.149. The Kier molecular flexibility index (Phi) is 7.97. The van der Waals surface area contributed by atoms with Crippen LogP contribution in [0.15, 0.2) is 24.3 Å². The fourth-order valence-electron chi connectivity index (χ4n) is 2.95. The number of ketones is 1. The van der Waals surface area contributed by atoms with E-state index >= 15 is 0 Å². The third-order valence-electron chi connectivity index (χ3n) is 4.64. The Morgan fingerprint density at radius 2 is 1.67 bits per heavy atom. The molecule has 0 spiro atoms. The Bertz CT molecular complexity index is 774. The van der Waals surface area contributed by atoms with Crippen molar-refractivity contribution < 1.29 is 28.7 Å². The standard InChI is InChI=1S/C22H30N2O6/c1-5-19(26)23-17-8-6-15(7-9-17)18(25)14-29-20(27)16-10-12-24(13-11-16)21(28)30-22(2,3)4/h6-9,16H,5,10-14H2,1-4H3,(H,23,26). The van der Waals surface area contributed by atoms with Crippen LogP contribution in [0.2, 0.25) is 0 Å². The van der Waals surface area contributed by atoms with Crippen molar-refractivity contribution in [1.82, 2.24) is 4.90 Å². The first kappa shape index (κ1) is 23.4. The van der Waals surface area contributed by atoms with Gasteiger partial charge in [0.15, 0.2) is 12.4 Å². The molecule has 0 aromatic heterocycles. The molecule has 0 atom stereocenters. The van der Waals surface area contributed by atoms with E-state index in [4.69, 9.17) is 9.47 Å². The van der Waals surface area contributed by atoms with Gasteiger partial charge >= 0.3 is 12.1 Å². The van der Waals surface area contributed by atoms with Crippen LogP contribution in [0.25, 0.3) is 0 Å². The number of rotatable bonds is 6. The van der Waals surface area contributed by atoms with Crippen LogP contribution in [0.3, 0.4) is 0 Å². The van der Waals surface area contributed by atoms with Gasteiger partial charge in [-0.05, 0) is 57.9 Å². The largest absolute Gasteiger partial charge is 0.457 e. The molecule has 1 N–H and O–H groups in total. The lowest BCUT2D eigenvalue weighted by Gasteiger charge is -2.32. The molecule has 0 unspecified atom stereocenters. The van der Waals surface area contributed by atoms with Crippen LogP contribution in [-0.4, -0.2) is 54.0 Å². The van der Waals surface area contributed by atoms with Crippen molar-refractivity contribution in [2.24, 2.45) is 5.92 Å². The van der Waals surface area contributed by atoms with Gasteiger partial charge in [-0.1, -0.05) is 6.92 Å². The number of piperidine rings is 1. The van der Waals surface area contributed by atoms with Crippen LogP contribution in [-0.2, 0) is 19.1 Å². The van der Waals surface area contributed by atoms with Crippen LogP contribution in [0.5, 0.6) is 0 Å². The molecule has 1 fully saturated rings. The van der Waals surface area contributed by atoms with E-state index in [-0.39, 0.29) is 30.3 Å². The van der Waals surface area contributed by atoms with E-state index in [2.05, 4.69) is 5.32 Å². The maximum atomic E-state index is 12.3. The Labute approximate surface area is 176 Å². The van der Waals surface area contributed by atoms with Crippen molar-refractivity contribution in [1.29, 1.82) is 0 Å². The lowest BCUT2D eigenvalue weighted by atomic mass is 9.97. The molecule has 164 valence electrons. The number of ether oxygens (including phenoxy) is 2. The number of likely N-dealkylation sites (tertiary alicyclic amines) is 1. The number of carbonyl (C=O) groups excluding carboxylic acids is 4. The second kappa shape index (κ2) is 10.2. The summed E-state index contributed by atoms with van der Waals surface area (Å²) in [5.74, 6) is -1.20. The van der Waals surface area contributed by atoms with Crippen LogP contribution < -0.4 is 5.32 Å². The summed E-state index contributed by atoms with van der Waals surface area (Å²) in [6, 6.07) is 6.44. The highest BCUT2D eigenvalue weighted by molar-refractivity contribution is 5.99. The molecule has 0 aliphatic carbocycles. The molecule has 0 saturated carbocycles. The number of Topliss-reactive ketones (excluding diaryl/α,β-unsaturated/α-hetero) is 1. The number of hydrogen-bond donors (Lipinski definition) is 1. The van der Waals surface area contributed by atoms with Gasteiger partial charge in [-0.15, -0.1) is 0 Å². The molecule has 1 saturated heterocycles. The molecule has 8 nitrogen and oxygen atoms in total. The van der Waals surface area contributed by atoms with Crippen molar-refractivity contribution in [2.75, 3.05) is 25.0 Å². The van der Waals surface area contributed by atoms with Crippen molar-refractivity contribution in [3.63, 3.8) is 0 Å². The second-order valence-corrected chi connectivity index (χ2v) is 8.25. The van der Waals surface area contributed by atoms with Crippen LogP contribution in [0.4, 0.5) is 10.5 Å². The number of anilines is 1. The highest BCUT2D eigenvalue weighted by Crippen LogP contribution is 2.21. The molecule has 1 heterocycles. The molecule has 2 amide bonds. The number of hydrogen-bond acceptors (Lipinski definition) is 6. The predicted molar refractivity (Wildman–Crippen MR) is 111 cm³/mol. The summed E-state index contributed by atoms with van der Waals surface area (Å²) in [5, 5.41) is 2.70. The van der Waals surface area contributed by atoms with Crippen LogP contribution in [0.1, 0.15) is 57.3 Å². The molecule has 1 aromatic rings. The summed E-state index contributed by atoms with van der Waals surface area (Å²) in [6.45, 7) is 7.65. The molecular formula is C22H30N2O6. The van der Waals surface area contributed by atoms with Gasteiger partial charge in [-0.3, -0.25) is 14.4 Å². The van der Waals surface area contributed by atoms with Gasteiger partial charge in [0.25, 0.3) is 0 Å². The highest BCUT2D eigenvalue weighted by Gasteiger charge is 2.31. The topological polar surface area (TPSA) is 102 Å². The monoisotopic (exact) mass is 418 g/mol. The van der Waals surface area contributed by atoms with Gasteiger partial charge < -0.3 is 19.7 Å². The average molecular weight is 418 g/mol. The van der Waals surface area contributed by atoms with Gasteiger partial charge in [-0.2, -0.15) is 0 Å². The molecule has 0 bridgehead atoms. The molecule has 2 rings (SSSR count). The first-order valence-corrected chi connectivity index (χ1v) is 10.2. The zero-order valence-corrected chi connectivity index (χ0v) is 18.0. The fraction of sp³-hybridized carbons (Fsp3) is 0.545. The number of nitrogens with one attached hydrogen (secondary N) is 1. The zero-order chi connectivity index (χ0) is 22.3. The quantitative estimate of drug-likeness (QED) is 0.561. The Morgan fingerprint density at radius 3 is 2.20 bits per heavy atom. The first-order valence-electron chi connectivity index (χ1n) is 10.2. The van der Waals surface area contributed by atoms with E-state index in [0.29, 0.717) is 43.6 Å². The highest BCUT2D eigenvalue weighted by atomic mass is 16.6.